The second kappa shape index (κ2) is 6.19. The van der Waals surface area contributed by atoms with Crippen LogP contribution < -0.4 is 0 Å². The van der Waals surface area contributed by atoms with Crippen molar-refractivity contribution in [3.63, 3.8) is 0 Å². The van der Waals surface area contributed by atoms with E-state index in [1.807, 2.05) is 0 Å². The Bertz CT molecular complexity index is 351. The summed E-state index contributed by atoms with van der Waals surface area (Å²) >= 11 is 0. The zero-order valence-electron chi connectivity index (χ0n) is 9.98. The summed E-state index contributed by atoms with van der Waals surface area (Å²) in [6.45, 7) is 2.09. The van der Waals surface area contributed by atoms with Crippen LogP contribution in [0, 0.1) is 18.3 Å². The second-order valence-corrected chi connectivity index (χ2v) is 4.22. The van der Waals surface area contributed by atoms with Crippen LogP contribution in [-0.4, -0.2) is 22.3 Å². The predicted molar refractivity (Wildman–Crippen MR) is 63.2 cm³/mol. The molecule has 2 atom stereocenters. The summed E-state index contributed by atoms with van der Waals surface area (Å²) in [4.78, 5) is 11.1. The Balaban J connectivity index is 2.66. The van der Waals surface area contributed by atoms with Gasteiger partial charge in [-0.15, -0.1) is 12.3 Å². The van der Waals surface area contributed by atoms with Gasteiger partial charge >= 0.3 is 5.97 Å². The summed E-state index contributed by atoms with van der Waals surface area (Å²) in [5, 5.41) is 18.8. The monoisotopic (exact) mass is 238 g/mol. The maximum absolute atomic E-state index is 11.1. The molecule has 1 rings (SSSR count). The standard InChI is InChI=1S/C13H18O4/c1-3-5-6-8-9(7-4-2)12-10(14)11(15)13(16)17-12/h2,9,12,14-15H,3,5-8H2,1H3. The molecule has 0 spiro atoms. The largest absolute Gasteiger partial charge is 0.505 e. The van der Waals surface area contributed by atoms with Crippen molar-refractivity contribution in [1.29, 1.82) is 0 Å². The van der Waals surface area contributed by atoms with Gasteiger partial charge in [-0.25, -0.2) is 4.79 Å². The molecule has 0 aromatic rings. The Morgan fingerprint density at radius 2 is 2.18 bits per heavy atom. The molecular weight excluding hydrogens is 220 g/mol. The first kappa shape index (κ1) is 13.4. The van der Waals surface area contributed by atoms with Crippen molar-refractivity contribution in [3.05, 3.63) is 11.5 Å². The highest BCUT2D eigenvalue weighted by molar-refractivity contribution is 5.89. The minimum atomic E-state index is -0.870. The number of cyclic esters (lactones) is 1. The van der Waals surface area contributed by atoms with Crippen LogP contribution in [0.1, 0.15) is 39.0 Å². The number of carbonyl (C=O) groups is 1. The smallest absolute Gasteiger partial charge is 0.377 e. The van der Waals surface area contributed by atoms with Gasteiger partial charge in [-0.2, -0.15) is 0 Å². The van der Waals surface area contributed by atoms with Crippen molar-refractivity contribution in [2.75, 3.05) is 0 Å². The molecule has 0 saturated heterocycles. The van der Waals surface area contributed by atoms with Gasteiger partial charge in [0.05, 0.1) is 0 Å². The first-order valence-corrected chi connectivity index (χ1v) is 5.88. The number of aliphatic hydroxyl groups excluding tert-OH is 2. The van der Waals surface area contributed by atoms with Gasteiger partial charge in [-0.3, -0.25) is 0 Å². The number of unbranched alkanes of at least 4 members (excludes halogenated alkanes) is 2. The van der Waals surface area contributed by atoms with Crippen LogP contribution in [0.5, 0.6) is 0 Å². The van der Waals surface area contributed by atoms with Gasteiger partial charge in [0.15, 0.2) is 11.9 Å². The molecule has 1 heterocycles. The number of rotatable bonds is 6. The average molecular weight is 238 g/mol. The van der Waals surface area contributed by atoms with Crippen LogP contribution in [-0.2, 0) is 9.53 Å². The van der Waals surface area contributed by atoms with E-state index in [1.54, 1.807) is 0 Å². The van der Waals surface area contributed by atoms with Gasteiger partial charge < -0.3 is 14.9 Å². The quantitative estimate of drug-likeness (QED) is 0.424. The lowest BCUT2D eigenvalue weighted by Crippen LogP contribution is -2.23. The molecule has 4 heteroatoms. The minimum Gasteiger partial charge on any atom is -0.505 e. The number of hydrogen-bond acceptors (Lipinski definition) is 4. The number of carbonyl (C=O) groups excluding carboxylic acids is 1. The Labute approximate surface area is 101 Å². The van der Waals surface area contributed by atoms with Gasteiger partial charge in [0.25, 0.3) is 0 Å². The summed E-state index contributed by atoms with van der Waals surface area (Å²) in [7, 11) is 0. The van der Waals surface area contributed by atoms with Gasteiger partial charge in [0, 0.05) is 12.3 Å². The van der Waals surface area contributed by atoms with Gasteiger partial charge in [-0.1, -0.05) is 26.2 Å². The lowest BCUT2D eigenvalue weighted by Gasteiger charge is -2.20. The molecule has 0 aromatic carbocycles. The van der Waals surface area contributed by atoms with E-state index in [0.29, 0.717) is 6.42 Å². The number of hydrogen-bond donors (Lipinski definition) is 2. The topological polar surface area (TPSA) is 66.8 Å². The SMILES string of the molecule is C#CCC(CCCCC)C1OC(=O)C(O)=C1O. The zero-order chi connectivity index (χ0) is 12.8. The van der Waals surface area contributed by atoms with Crippen molar-refractivity contribution in [2.45, 2.75) is 45.1 Å². The highest BCUT2D eigenvalue weighted by Crippen LogP contribution is 2.30. The molecule has 0 saturated carbocycles. The molecule has 17 heavy (non-hydrogen) atoms. The molecular formula is C13H18O4. The Morgan fingerprint density at radius 3 is 2.65 bits per heavy atom. The molecule has 4 nitrogen and oxygen atoms in total. The first-order chi connectivity index (χ1) is 8.11. The summed E-state index contributed by atoms with van der Waals surface area (Å²) < 4.78 is 4.92. The molecule has 0 aromatic heterocycles. The third-order valence-electron chi connectivity index (χ3n) is 2.93. The third kappa shape index (κ3) is 3.16. The first-order valence-electron chi connectivity index (χ1n) is 5.88. The molecule has 0 bridgehead atoms. The van der Waals surface area contributed by atoms with Gasteiger partial charge in [-0.05, 0) is 6.42 Å². The third-order valence-corrected chi connectivity index (χ3v) is 2.93. The highest BCUT2D eigenvalue weighted by Gasteiger charge is 2.39. The number of aliphatic hydroxyl groups is 2. The van der Waals surface area contributed by atoms with Crippen molar-refractivity contribution < 1.29 is 19.7 Å². The Hall–Kier alpha value is -1.63. The van der Waals surface area contributed by atoms with E-state index >= 15 is 0 Å². The number of ether oxygens (including phenoxy) is 1. The van der Waals surface area contributed by atoms with Crippen molar-refractivity contribution in [2.24, 2.45) is 5.92 Å². The fourth-order valence-corrected chi connectivity index (χ4v) is 1.95. The zero-order valence-corrected chi connectivity index (χ0v) is 9.98. The van der Waals surface area contributed by atoms with Crippen LogP contribution in [0.15, 0.2) is 11.5 Å². The van der Waals surface area contributed by atoms with E-state index in [1.165, 1.54) is 0 Å². The Kier molecular flexibility index (Phi) is 4.89. The van der Waals surface area contributed by atoms with E-state index in [4.69, 9.17) is 11.2 Å². The van der Waals surface area contributed by atoms with Crippen LogP contribution in [0.25, 0.3) is 0 Å². The second-order valence-electron chi connectivity index (χ2n) is 4.22. The maximum atomic E-state index is 11.1. The summed E-state index contributed by atoms with van der Waals surface area (Å²) in [5.41, 5.74) is 0. The van der Waals surface area contributed by atoms with Crippen LogP contribution >= 0.6 is 0 Å². The maximum Gasteiger partial charge on any atom is 0.377 e. The molecule has 0 fully saturated rings. The van der Waals surface area contributed by atoms with Gasteiger partial charge in [0.1, 0.15) is 0 Å². The molecule has 0 aliphatic carbocycles. The lowest BCUT2D eigenvalue weighted by atomic mass is 9.91. The predicted octanol–water partition coefficient (Wildman–Crippen LogP) is 2.46. The van der Waals surface area contributed by atoms with E-state index in [2.05, 4.69) is 12.8 Å². The summed E-state index contributed by atoms with van der Waals surface area (Å²) in [6.07, 6.45) is 8.78. The van der Waals surface area contributed by atoms with Crippen LogP contribution in [0.2, 0.25) is 0 Å². The molecule has 94 valence electrons. The molecule has 1 aliphatic heterocycles. The van der Waals surface area contributed by atoms with E-state index in [0.717, 1.165) is 25.7 Å². The summed E-state index contributed by atoms with van der Waals surface area (Å²) in [6, 6.07) is 0. The van der Waals surface area contributed by atoms with E-state index in [-0.39, 0.29) is 11.7 Å². The average Bonchev–Trinajstić information content (AvgIpc) is 2.56. The van der Waals surface area contributed by atoms with Crippen molar-refractivity contribution >= 4 is 5.97 Å². The molecule has 2 unspecified atom stereocenters. The molecule has 1 aliphatic rings. The fraction of sp³-hybridized carbons (Fsp3) is 0.615. The summed E-state index contributed by atoms with van der Waals surface area (Å²) in [5.74, 6) is 0.450. The van der Waals surface area contributed by atoms with E-state index in [9.17, 15) is 15.0 Å². The van der Waals surface area contributed by atoms with E-state index < -0.39 is 17.8 Å². The number of esters is 1. The molecule has 2 N–H and O–H groups in total. The lowest BCUT2D eigenvalue weighted by molar-refractivity contribution is -0.144. The number of terminal acetylenes is 1. The fourth-order valence-electron chi connectivity index (χ4n) is 1.95. The van der Waals surface area contributed by atoms with Crippen LogP contribution in [0.3, 0.4) is 0 Å². The molecule has 0 amide bonds. The highest BCUT2D eigenvalue weighted by atomic mass is 16.6. The normalized spacial score (nSPS) is 21.2. The van der Waals surface area contributed by atoms with Crippen molar-refractivity contribution in [1.82, 2.24) is 0 Å². The minimum absolute atomic E-state index is 0.125. The van der Waals surface area contributed by atoms with Gasteiger partial charge in [0.2, 0.25) is 5.76 Å². The molecule has 0 radical (unpaired) electrons. The van der Waals surface area contributed by atoms with Crippen LogP contribution in [0.4, 0.5) is 0 Å². The van der Waals surface area contributed by atoms with Crippen molar-refractivity contribution in [3.8, 4) is 12.3 Å². The Morgan fingerprint density at radius 1 is 1.47 bits per heavy atom.